The van der Waals surface area contributed by atoms with Crippen LogP contribution in [0.4, 0.5) is 0 Å². The maximum atomic E-state index is 13.0. The molecule has 0 aromatic heterocycles. The van der Waals surface area contributed by atoms with E-state index in [2.05, 4.69) is 10.6 Å². The van der Waals surface area contributed by atoms with E-state index in [4.69, 9.17) is 9.47 Å². The van der Waals surface area contributed by atoms with Crippen molar-refractivity contribution in [1.29, 1.82) is 0 Å². The van der Waals surface area contributed by atoms with E-state index in [-0.39, 0.29) is 24.0 Å². The van der Waals surface area contributed by atoms with E-state index in [1.807, 2.05) is 51.3 Å². The predicted octanol–water partition coefficient (Wildman–Crippen LogP) is 4.21. The van der Waals surface area contributed by atoms with E-state index in [1.165, 1.54) is 7.11 Å². The topological polar surface area (TPSA) is 76.7 Å². The minimum absolute atomic E-state index is 0.104. The zero-order valence-electron chi connectivity index (χ0n) is 18.8. The molecule has 2 aromatic carbocycles. The highest BCUT2D eigenvalue weighted by molar-refractivity contribution is 7.98. The molecule has 168 valence electrons. The van der Waals surface area contributed by atoms with Crippen molar-refractivity contribution in [1.82, 2.24) is 10.6 Å². The van der Waals surface area contributed by atoms with E-state index < -0.39 is 6.04 Å². The summed E-state index contributed by atoms with van der Waals surface area (Å²) < 4.78 is 10.9. The number of hydrogen-bond donors (Lipinski definition) is 2. The first-order valence-electron chi connectivity index (χ1n) is 10.4. The lowest BCUT2D eigenvalue weighted by molar-refractivity contribution is -0.123. The van der Waals surface area contributed by atoms with Crippen LogP contribution in [0.25, 0.3) is 0 Å². The molecule has 0 radical (unpaired) electrons. The van der Waals surface area contributed by atoms with Crippen molar-refractivity contribution in [3.05, 3.63) is 59.7 Å². The second-order valence-electron chi connectivity index (χ2n) is 7.47. The van der Waals surface area contributed by atoms with E-state index in [9.17, 15) is 9.59 Å². The van der Waals surface area contributed by atoms with Crippen molar-refractivity contribution in [3.63, 3.8) is 0 Å². The highest BCUT2D eigenvalue weighted by atomic mass is 32.2. The van der Waals surface area contributed by atoms with Crippen LogP contribution in [0, 0.1) is 0 Å². The van der Waals surface area contributed by atoms with Crippen molar-refractivity contribution in [2.75, 3.05) is 19.1 Å². The van der Waals surface area contributed by atoms with Gasteiger partial charge in [0.1, 0.15) is 17.5 Å². The van der Waals surface area contributed by atoms with Crippen molar-refractivity contribution >= 4 is 23.6 Å². The van der Waals surface area contributed by atoms with Crippen molar-refractivity contribution in [2.45, 2.75) is 45.4 Å². The molecule has 2 rings (SSSR count). The summed E-state index contributed by atoms with van der Waals surface area (Å²) in [7, 11) is 1.52. The maximum absolute atomic E-state index is 13.0. The first kappa shape index (κ1) is 24.6. The van der Waals surface area contributed by atoms with Gasteiger partial charge in [0, 0.05) is 0 Å². The number of methoxy groups -OCH3 is 1. The number of thioether (sulfide) groups is 1. The number of para-hydroxylation sites is 1. The standard InChI is InChI=1S/C24H32N2O4S/c1-16(2)30-19-12-10-18(11-13-19)17(3)25-24(28)21(14-15-31-5)26-23(27)20-8-6-7-9-22(20)29-4/h6-13,16-17,21H,14-15H2,1-5H3,(H,25,28)(H,26,27). The molecule has 0 saturated carbocycles. The van der Waals surface area contributed by atoms with E-state index >= 15 is 0 Å². The molecule has 31 heavy (non-hydrogen) atoms. The third-order valence-electron chi connectivity index (χ3n) is 4.69. The zero-order chi connectivity index (χ0) is 22.8. The van der Waals surface area contributed by atoms with Crippen LogP contribution >= 0.6 is 11.8 Å². The fourth-order valence-corrected chi connectivity index (χ4v) is 3.55. The Bertz CT molecular complexity index is 855. The van der Waals surface area contributed by atoms with Crippen LogP contribution in [0.2, 0.25) is 0 Å². The van der Waals surface area contributed by atoms with E-state index in [0.717, 1.165) is 17.1 Å². The summed E-state index contributed by atoms with van der Waals surface area (Å²) >= 11 is 1.63. The number of carbonyl (C=O) groups excluding carboxylic acids is 2. The van der Waals surface area contributed by atoms with E-state index in [0.29, 0.717) is 17.7 Å². The normalized spacial score (nSPS) is 12.7. The lowest BCUT2D eigenvalue weighted by Crippen LogP contribution is -2.47. The molecule has 7 heteroatoms. The molecule has 0 bridgehead atoms. The molecule has 0 aliphatic rings. The minimum atomic E-state index is -0.643. The van der Waals surface area contributed by atoms with Gasteiger partial charge in [0.25, 0.3) is 5.91 Å². The largest absolute Gasteiger partial charge is 0.496 e. The molecule has 2 unspecified atom stereocenters. The highest BCUT2D eigenvalue weighted by Gasteiger charge is 2.24. The summed E-state index contributed by atoms with van der Waals surface area (Å²) in [6.07, 6.45) is 2.61. The van der Waals surface area contributed by atoms with Crippen LogP contribution in [0.1, 0.15) is 49.2 Å². The summed E-state index contributed by atoms with van der Waals surface area (Å²) in [5, 5.41) is 5.88. The third kappa shape index (κ3) is 7.51. The van der Waals surface area contributed by atoms with Crippen molar-refractivity contribution in [3.8, 4) is 11.5 Å². The number of carbonyl (C=O) groups is 2. The Morgan fingerprint density at radius 1 is 1.00 bits per heavy atom. The first-order chi connectivity index (χ1) is 14.8. The molecule has 2 amide bonds. The van der Waals surface area contributed by atoms with Gasteiger partial charge in [-0.05, 0) is 69.0 Å². The molecule has 2 N–H and O–H groups in total. The van der Waals surface area contributed by atoms with Gasteiger partial charge in [-0.3, -0.25) is 9.59 Å². The van der Waals surface area contributed by atoms with E-state index in [1.54, 1.807) is 36.0 Å². The summed E-state index contributed by atoms with van der Waals surface area (Å²) in [6, 6.07) is 13.8. The minimum Gasteiger partial charge on any atom is -0.496 e. The van der Waals surface area contributed by atoms with Crippen LogP contribution in [0.15, 0.2) is 48.5 Å². The number of nitrogens with one attached hydrogen (secondary N) is 2. The van der Waals surface area contributed by atoms with Crippen LogP contribution < -0.4 is 20.1 Å². The van der Waals surface area contributed by atoms with Crippen LogP contribution in [-0.2, 0) is 4.79 Å². The van der Waals surface area contributed by atoms with Gasteiger partial charge in [0.05, 0.1) is 24.8 Å². The lowest BCUT2D eigenvalue weighted by Gasteiger charge is -2.22. The number of rotatable bonds is 11. The average molecular weight is 445 g/mol. The second-order valence-corrected chi connectivity index (χ2v) is 8.46. The van der Waals surface area contributed by atoms with Crippen molar-refractivity contribution in [2.24, 2.45) is 0 Å². The van der Waals surface area contributed by atoms with Gasteiger partial charge in [-0.1, -0.05) is 24.3 Å². The van der Waals surface area contributed by atoms with Gasteiger partial charge >= 0.3 is 0 Å². The Morgan fingerprint density at radius 2 is 1.68 bits per heavy atom. The Labute approximate surface area is 189 Å². The molecular formula is C24H32N2O4S. The van der Waals surface area contributed by atoms with Crippen LogP contribution in [0.5, 0.6) is 11.5 Å². The molecule has 0 fully saturated rings. The van der Waals surface area contributed by atoms with Gasteiger partial charge in [-0.25, -0.2) is 0 Å². The Hall–Kier alpha value is -2.67. The fourth-order valence-electron chi connectivity index (χ4n) is 3.08. The SMILES string of the molecule is COc1ccccc1C(=O)NC(CCSC)C(=O)NC(C)c1ccc(OC(C)C)cc1. The first-order valence-corrected chi connectivity index (χ1v) is 11.7. The third-order valence-corrected chi connectivity index (χ3v) is 5.34. The summed E-state index contributed by atoms with van der Waals surface area (Å²) in [5.74, 6) is 1.47. The molecule has 0 spiro atoms. The molecule has 6 nitrogen and oxygen atoms in total. The number of hydrogen-bond acceptors (Lipinski definition) is 5. The molecule has 0 aliphatic heterocycles. The highest BCUT2D eigenvalue weighted by Crippen LogP contribution is 2.20. The van der Waals surface area contributed by atoms with Gasteiger partial charge < -0.3 is 20.1 Å². The predicted molar refractivity (Wildman–Crippen MR) is 126 cm³/mol. The van der Waals surface area contributed by atoms with Gasteiger partial charge in [-0.15, -0.1) is 0 Å². The summed E-state index contributed by atoms with van der Waals surface area (Å²) in [6.45, 7) is 5.87. The molecule has 2 aromatic rings. The summed E-state index contributed by atoms with van der Waals surface area (Å²) in [4.78, 5) is 25.8. The monoisotopic (exact) mass is 444 g/mol. The maximum Gasteiger partial charge on any atom is 0.255 e. The molecule has 2 atom stereocenters. The molecule has 0 aliphatic carbocycles. The fraction of sp³-hybridized carbons (Fsp3) is 0.417. The second kappa shape index (κ2) is 12.2. The Balaban J connectivity index is 2.07. The quantitative estimate of drug-likeness (QED) is 0.543. The average Bonchev–Trinajstić information content (AvgIpc) is 2.76. The Morgan fingerprint density at radius 3 is 2.29 bits per heavy atom. The molecule has 0 saturated heterocycles. The van der Waals surface area contributed by atoms with Crippen LogP contribution in [-0.4, -0.2) is 43.1 Å². The van der Waals surface area contributed by atoms with Crippen molar-refractivity contribution < 1.29 is 19.1 Å². The van der Waals surface area contributed by atoms with Gasteiger partial charge in [0.15, 0.2) is 0 Å². The summed E-state index contributed by atoms with van der Waals surface area (Å²) in [5.41, 5.74) is 1.37. The smallest absolute Gasteiger partial charge is 0.255 e. The lowest BCUT2D eigenvalue weighted by atomic mass is 10.1. The van der Waals surface area contributed by atoms with Gasteiger partial charge in [0.2, 0.25) is 5.91 Å². The molecule has 0 heterocycles. The molecular weight excluding hydrogens is 412 g/mol. The number of amides is 2. The Kier molecular flexibility index (Phi) is 9.72. The van der Waals surface area contributed by atoms with Gasteiger partial charge in [-0.2, -0.15) is 11.8 Å². The number of benzene rings is 2. The number of ether oxygens (including phenoxy) is 2. The van der Waals surface area contributed by atoms with Crippen LogP contribution in [0.3, 0.4) is 0 Å². The zero-order valence-corrected chi connectivity index (χ0v) is 19.6.